The number of carbonyl (C=O) groups is 1. The van der Waals surface area contributed by atoms with E-state index in [0.29, 0.717) is 48.8 Å². The molecule has 1 aliphatic heterocycles. The number of benzene rings is 2. The molecule has 0 radical (unpaired) electrons. The summed E-state index contributed by atoms with van der Waals surface area (Å²) in [5.41, 5.74) is 1.56. The highest BCUT2D eigenvalue weighted by Gasteiger charge is 2.18. The standard InChI is InChI=1S/C21H19FN2O3/c22-17-7-3-1-5-15(17)19-13-20(16-6-2-4-8-18(16)23-19)27-14-21(25)24-9-11-26-12-10-24/h1-8,13H,9-12,14H2. The Bertz CT molecular complexity index is 971. The smallest absolute Gasteiger partial charge is 0.260 e. The van der Waals surface area contributed by atoms with Gasteiger partial charge >= 0.3 is 0 Å². The summed E-state index contributed by atoms with van der Waals surface area (Å²) in [6.45, 7) is 2.15. The first-order chi connectivity index (χ1) is 13.2. The molecule has 0 bridgehead atoms. The summed E-state index contributed by atoms with van der Waals surface area (Å²) >= 11 is 0. The van der Waals surface area contributed by atoms with Crippen molar-refractivity contribution in [3.05, 3.63) is 60.4 Å². The summed E-state index contributed by atoms with van der Waals surface area (Å²) in [6.07, 6.45) is 0. The molecular formula is C21H19FN2O3. The molecule has 1 saturated heterocycles. The molecule has 2 aromatic carbocycles. The van der Waals surface area contributed by atoms with Gasteiger partial charge in [-0.2, -0.15) is 0 Å². The van der Waals surface area contributed by atoms with Crippen molar-refractivity contribution in [3.8, 4) is 17.0 Å². The summed E-state index contributed by atoms with van der Waals surface area (Å²) in [5.74, 6) is 0.0720. The lowest BCUT2D eigenvalue weighted by Crippen LogP contribution is -2.43. The molecule has 0 atom stereocenters. The van der Waals surface area contributed by atoms with Crippen LogP contribution in [0.15, 0.2) is 54.6 Å². The van der Waals surface area contributed by atoms with Crippen molar-refractivity contribution in [2.24, 2.45) is 0 Å². The number of fused-ring (bicyclic) bond motifs is 1. The molecule has 0 spiro atoms. The van der Waals surface area contributed by atoms with Crippen LogP contribution in [0.4, 0.5) is 4.39 Å². The summed E-state index contributed by atoms with van der Waals surface area (Å²) in [7, 11) is 0. The molecule has 3 aromatic rings. The number of aromatic nitrogens is 1. The van der Waals surface area contributed by atoms with Crippen LogP contribution in [-0.2, 0) is 9.53 Å². The van der Waals surface area contributed by atoms with E-state index in [9.17, 15) is 9.18 Å². The number of ether oxygens (including phenoxy) is 2. The monoisotopic (exact) mass is 366 g/mol. The van der Waals surface area contributed by atoms with E-state index in [0.717, 1.165) is 5.39 Å². The lowest BCUT2D eigenvalue weighted by molar-refractivity contribution is -0.137. The lowest BCUT2D eigenvalue weighted by atomic mass is 10.1. The number of halogens is 1. The molecule has 1 aromatic heterocycles. The fourth-order valence-electron chi connectivity index (χ4n) is 3.11. The summed E-state index contributed by atoms with van der Waals surface area (Å²) in [4.78, 5) is 18.7. The van der Waals surface area contributed by atoms with Crippen LogP contribution >= 0.6 is 0 Å². The number of amides is 1. The minimum Gasteiger partial charge on any atom is -0.483 e. The zero-order valence-electron chi connectivity index (χ0n) is 14.7. The van der Waals surface area contributed by atoms with Crippen LogP contribution in [0.1, 0.15) is 0 Å². The van der Waals surface area contributed by atoms with E-state index in [1.165, 1.54) is 6.07 Å². The zero-order valence-corrected chi connectivity index (χ0v) is 14.7. The average molecular weight is 366 g/mol. The topological polar surface area (TPSA) is 51.7 Å². The van der Waals surface area contributed by atoms with Crippen LogP contribution in [0.5, 0.6) is 5.75 Å². The molecule has 1 fully saturated rings. The van der Waals surface area contributed by atoms with Crippen LogP contribution in [0, 0.1) is 5.82 Å². The first-order valence-electron chi connectivity index (χ1n) is 8.85. The highest BCUT2D eigenvalue weighted by atomic mass is 19.1. The van der Waals surface area contributed by atoms with Crippen molar-refractivity contribution in [1.29, 1.82) is 0 Å². The molecule has 5 nitrogen and oxygen atoms in total. The lowest BCUT2D eigenvalue weighted by Gasteiger charge is -2.26. The van der Waals surface area contributed by atoms with Crippen molar-refractivity contribution < 1.29 is 18.7 Å². The number of rotatable bonds is 4. The first-order valence-corrected chi connectivity index (χ1v) is 8.85. The van der Waals surface area contributed by atoms with Crippen molar-refractivity contribution in [2.45, 2.75) is 0 Å². The number of nitrogens with zero attached hydrogens (tertiary/aromatic N) is 2. The van der Waals surface area contributed by atoms with E-state index in [1.807, 2.05) is 24.3 Å². The van der Waals surface area contributed by atoms with E-state index in [4.69, 9.17) is 9.47 Å². The van der Waals surface area contributed by atoms with Gasteiger partial charge in [0.15, 0.2) is 6.61 Å². The first kappa shape index (κ1) is 17.4. The Hall–Kier alpha value is -2.99. The van der Waals surface area contributed by atoms with Crippen LogP contribution in [0.25, 0.3) is 22.2 Å². The third-order valence-corrected chi connectivity index (χ3v) is 4.54. The highest BCUT2D eigenvalue weighted by Crippen LogP contribution is 2.31. The van der Waals surface area contributed by atoms with Gasteiger partial charge in [-0.15, -0.1) is 0 Å². The fraction of sp³-hybridized carbons (Fsp3) is 0.238. The molecule has 27 heavy (non-hydrogen) atoms. The average Bonchev–Trinajstić information content (AvgIpc) is 2.72. The van der Waals surface area contributed by atoms with E-state index >= 15 is 0 Å². The maximum atomic E-state index is 14.2. The second-order valence-corrected chi connectivity index (χ2v) is 6.28. The number of pyridine rings is 1. The molecule has 0 unspecified atom stereocenters. The van der Waals surface area contributed by atoms with Crippen LogP contribution < -0.4 is 4.74 Å². The molecule has 6 heteroatoms. The minimum atomic E-state index is -0.351. The van der Waals surface area contributed by atoms with E-state index in [1.54, 1.807) is 29.2 Å². The fourth-order valence-corrected chi connectivity index (χ4v) is 3.11. The van der Waals surface area contributed by atoms with Gasteiger partial charge in [-0.05, 0) is 24.3 Å². The highest BCUT2D eigenvalue weighted by molar-refractivity contribution is 5.88. The van der Waals surface area contributed by atoms with E-state index < -0.39 is 0 Å². The predicted octanol–water partition coefficient (Wildman–Crippen LogP) is 3.28. The van der Waals surface area contributed by atoms with Gasteiger partial charge in [0.1, 0.15) is 11.6 Å². The quantitative estimate of drug-likeness (QED) is 0.711. The van der Waals surface area contributed by atoms with Crippen LogP contribution in [0.3, 0.4) is 0 Å². The third-order valence-electron chi connectivity index (χ3n) is 4.54. The van der Waals surface area contributed by atoms with Gasteiger partial charge in [-0.3, -0.25) is 4.79 Å². The Labute approximate surface area is 156 Å². The second-order valence-electron chi connectivity index (χ2n) is 6.28. The van der Waals surface area contributed by atoms with Crippen molar-refractivity contribution in [2.75, 3.05) is 32.9 Å². The van der Waals surface area contributed by atoms with Gasteiger partial charge in [0.25, 0.3) is 5.91 Å². The third kappa shape index (κ3) is 3.75. The number of morpholine rings is 1. The van der Waals surface area contributed by atoms with Gasteiger partial charge in [-0.25, -0.2) is 9.37 Å². The molecule has 1 amide bonds. The van der Waals surface area contributed by atoms with E-state index in [-0.39, 0.29) is 18.3 Å². The Kier molecular flexibility index (Phi) is 4.98. The molecule has 2 heterocycles. The maximum Gasteiger partial charge on any atom is 0.260 e. The van der Waals surface area contributed by atoms with Gasteiger partial charge in [0.2, 0.25) is 0 Å². The second kappa shape index (κ2) is 7.72. The Morgan fingerprint density at radius 3 is 2.67 bits per heavy atom. The molecule has 4 rings (SSSR count). The van der Waals surface area contributed by atoms with E-state index in [2.05, 4.69) is 4.98 Å². The van der Waals surface area contributed by atoms with Crippen LogP contribution in [0.2, 0.25) is 0 Å². The molecule has 1 aliphatic rings. The largest absolute Gasteiger partial charge is 0.483 e. The normalized spacial score (nSPS) is 14.3. The van der Waals surface area contributed by atoms with Crippen molar-refractivity contribution in [1.82, 2.24) is 9.88 Å². The summed E-state index contributed by atoms with van der Waals surface area (Å²) in [6, 6.07) is 15.6. The predicted molar refractivity (Wildman–Crippen MR) is 100 cm³/mol. The zero-order chi connectivity index (χ0) is 18.6. The Morgan fingerprint density at radius 2 is 1.85 bits per heavy atom. The SMILES string of the molecule is O=C(COc1cc(-c2ccccc2F)nc2ccccc12)N1CCOCC1. The van der Waals surface area contributed by atoms with Gasteiger partial charge in [0, 0.05) is 30.1 Å². The number of hydrogen-bond acceptors (Lipinski definition) is 4. The molecule has 0 N–H and O–H groups in total. The van der Waals surface area contributed by atoms with Gasteiger partial charge < -0.3 is 14.4 Å². The van der Waals surface area contributed by atoms with Gasteiger partial charge in [0.05, 0.1) is 24.4 Å². The maximum absolute atomic E-state index is 14.2. The Balaban J connectivity index is 1.64. The molecule has 0 aliphatic carbocycles. The Morgan fingerprint density at radius 1 is 1.11 bits per heavy atom. The summed E-state index contributed by atoms with van der Waals surface area (Å²) in [5, 5.41) is 0.785. The van der Waals surface area contributed by atoms with Crippen LogP contribution in [-0.4, -0.2) is 48.7 Å². The van der Waals surface area contributed by atoms with Crippen molar-refractivity contribution in [3.63, 3.8) is 0 Å². The molecule has 138 valence electrons. The molecular weight excluding hydrogens is 347 g/mol. The molecule has 0 saturated carbocycles. The van der Waals surface area contributed by atoms with Crippen molar-refractivity contribution >= 4 is 16.8 Å². The summed E-state index contributed by atoms with van der Waals surface area (Å²) < 4.78 is 25.3. The number of carbonyl (C=O) groups excluding carboxylic acids is 1. The minimum absolute atomic E-state index is 0.0787. The number of hydrogen-bond donors (Lipinski definition) is 0. The van der Waals surface area contributed by atoms with Gasteiger partial charge in [-0.1, -0.05) is 24.3 Å². The number of para-hydroxylation sites is 1.